The van der Waals surface area contributed by atoms with Crippen LogP contribution in [-0.4, -0.2) is 72.8 Å². The molecule has 0 bridgehead atoms. The lowest BCUT2D eigenvalue weighted by atomic mass is 9.73. The Hall–Kier alpha value is -0.810. The molecule has 0 amide bonds. The highest BCUT2D eigenvalue weighted by atomic mass is 16.3. The largest absolute Gasteiger partial charge is 0.392 e. The summed E-state index contributed by atoms with van der Waals surface area (Å²) in [5, 5.41) is 13.9. The molecule has 1 aliphatic heterocycles. The van der Waals surface area contributed by atoms with Gasteiger partial charge in [0.2, 0.25) is 0 Å². The zero-order valence-corrected chi connectivity index (χ0v) is 15.5. The van der Waals surface area contributed by atoms with Gasteiger partial charge in [0.1, 0.15) is 0 Å². The van der Waals surface area contributed by atoms with Crippen LogP contribution in [0.1, 0.15) is 52.9 Å². The molecule has 2 aliphatic rings. The summed E-state index contributed by atoms with van der Waals surface area (Å²) in [5.74, 6) is 0.999. The molecule has 134 valence electrons. The molecule has 1 saturated heterocycles. The minimum Gasteiger partial charge on any atom is -0.392 e. The second kappa shape index (κ2) is 8.34. The number of aliphatic hydroxyl groups is 1. The molecule has 2 N–H and O–H groups in total. The zero-order valence-electron chi connectivity index (χ0n) is 15.5. The number of likely N-dealkylation sites (tertiary alicyclic amines) is 1. The Bertz CT molecular complexity index is 396. The van der Waals surface area contributed by atoms with Gasteiger partial charge in [-0.3, -0.25) is 9.89 Å². The molecule has 0 spiro atoms. The molecule has 23 heavy (non-hydrogen) atoms. The van der Waals surface area contributed by atoms with Crippen LogP contribution in [0.2, 0.25) is 0 Å². The van der Waals surface area contributed by atoms with Crippen LogP contribution in [0.4, 0.5) is 0 Å². The number of hydrogen-bond donors (Lipinski definition) is 2. The highest BCUT2D eigenvalue weighted by Gasteiger charge is 2.36. The average Bonchev–Trinajstić information content (AvgIpc) is 3.02. The molecule has 0 radical (unpaired) electrons. The van der Waals surface area contributed by atoms with Gasteiger partial charge in [-0.05, 0) is 32.4 Å². The van der Waals surface area contributed by atoms with Crippen molar-refractivity contribution in [1.82, 2.24) is 15.1 Å². The first kappa shape index (κ1) is 18.5. The second-order valence-electron chi connectivity index (χ2n) is 7.43. The van der Waals surface area contributed by atoms with Crippen LogP contribution >= 0.6 is 0 Å². The first-order valence-electron chi connectivity index (χ1n) is 9.41. The Balaban J connectivity index is 1.89. The molecular weight excluding hydrogens is 288 g/mol. The maximum atomic E-state index is 10.4. The summed E-state index contributed by atoms with van der Waals surface area (Å²) in [5.41, 5.74) is -0.0216. The highest BCUT2D eigenvalue weighted by molar-refractivity contribution is 5.80. The smallest absolute Gasteiger partial charge is 0.193 e. The highest BCUT2D eigenvalue weighted by Crippen LogP contribution is 2.35. The van der Waals surface area contributed by atoms with E-state index in [4.69, 9.17) is 0 Å². The van der Waals surface area contributed by atoms with Gasteiger partial charge < -0.3 is 15.3 Å². The number of hydrogen-bond acceptors (Lipinski definition) is 3. The SMILES string of the molecule is CCN(CC)C1CCN(C(=NC)NCC2(C)CCCCC2O)C1. The third kappa shape index (κ3) is 4.38. The summed E-state index contributed by atoms with van der Waals surface area (Å²) < 4.78 is 0. The van der Waals surface area contributed by atoms with Crippen LogP contribution in [-0.2, 0) is 0 Å². The summed E-state index contributed by atoms with van der Waals surface area (Å²) in [6, 6.07) is 0.638. The Labute approximate surface area is 142 Å². The first-order chi connectivity index (χ1) is 11.0. The number of likely N-dealkylation sites (N-methyl/N-ethyl adjacent to an activating group) is 1. The van der Waals surface area contributed by atoms with Gasteiger partial charge in [0.05, 0.1) is 6.10 Å². The van der Waals surface area contributed by atoms with Crippen LogP contribution in [0.15, 0.2) is 4.99 Å². The van der Waals surface area contributed by atoms with E-state index in [-0.39, 0.29) is 11.5 Å². The van der Waals surface area contributed by atoms with Crippen molar-refractivity contribution >= 4 is 5.96 Å². The van der Waals surface area contributed by atoms with Gasteiger partial charge in [0.25, 0.3) is 0 Å². The Morgan fingerprint density at radius 3 is 2.65 bits per heavy atom. The van der Waals surface area contributed by atoms with Crippen LogP contribution < -0.4 is 5.32 Å². The van der Waals surface area contributed by atoms with E-state index in [1.165, 1.54) is 12.8 Å². The van der Waals surface area contributed by atoms with Gasteiger partial charge in [-0.2, -0.15) is 0 Å². The van der Waals surface area contributed by atoms with Crippen molar-refractivity contribution in [2.75, 3.05) is 39.8 Å². The molecule has 2 fully saturated rings. The average molecular weight is 325 g/mol. The van der Waals surface area contributed by atoms with Crippen molar-refractivity contribution in [3.05, 3.63) is 0 Å². The van der Waals surface area contributed by atoms with Gasteiger partial charge in [-0.15, -0.1) is 0 Å². The third-order valence-electron chi connectivity index (χ3n) is 5.93. The molecule has 0 aromatic rings. The minimum atomic E-state index is -0.191. The number of aliphatic hydroxyl groups excluding tert-OH is 1. The molecule has 2 rings (SSSR count). The van der Waals surface area contributed by atoms with Crippen molar-refractivity contribution in [3.63, 3.8) is 0 Å². The summed E-state index contributed by atoms with van der Waals surface area (Å²) >= 11 is 0. The lowest BCUT2D eigenvalue weighted by molar-refractivity contribution is 0.00369. The standard InChI is InChI=1S/C18H36N4O/c1-5-21(6-2)15-10-12-22(13-15)17(19-4)20-14-18(3)11-8-7-9-16(18)23/h15-16,23H,5-14H2,1-4H3,(H,19,20). The number of nitrogens with one attached hydrogen (secondary N) is 1. The molecule has 0 aromatic carbocycles. The van der Waals surface area contributed by atoms with E-state index in [0.29, 0.717) is 6.04 Å². The number of aliphatic imine (C=N–C) groups is 1. The molecule has 1 saturated carbocycles. The van der Waals surface area contributed by atoms with Crippen molar-refractivity contribution in [2.45, 2.75) is 65.0 Å². The number of guanidine groups is 1. The van der Waals surface area contributed by atoms with E-state index < -0.39 is 0 Å². The third-order valence-corrected chi connectivity index (χ3v) is 5.93. The van der Waals surface area contributed by atoms with E-state index in [0.717, 1.165) is 57.9 Å². The Morgan fingerprint density at radius 2 is 2.04 bits per heavy atom. The molecular formula is C18H36N4O. The maximum Gasteiger partial charge on any atom is 0.193 e. The van der Waals surface area contributed by atoms with Crippen molar-refractivity contribution in [3.8, 4) is 0 Å². The zero-order chi connectivity index (χ0) is 16.9. The van der Waals surface area contributed by atoms with Crippen LogP contribution in [0, 0.1) is 5.41 Å². The summed E-state index contributed by atoms with van der Waals surface area (Å²) in [6.45, 7) is 11.9. The molecule has 5 heteroatoms. The molecule has 1 aliphatic carbocycles. The van der Waals surface area contributed by atoms with E-state index in [2.05, 4.69) is 40.9 Å². The van der Waals surface area contributed by atoms with Gasteiger partial charge in [-0.25, -0.2) is 0 Å². The fourth-order valence-corrected chi connectivity index (χ4v) is 4.17. The van der Waals surface area contributed by atoms with E-state index in [1.807, 2.05) is 7.05 Å². The first-order valence-corrected chi connectivity index (χ1v) is 9.41. The van der Waals surface area contributed by atoms with E-state index in [9.17, 15) is 5.11 Å². The molecule has 5 nitrogen and oxygen atoms in total. The quantitative estimate of drug-likeness (QED) is 0.599. The minimum absolute atomic E-state index is 0.0216. The Morgan fingerprint density at radius 1 is 1.30 bits per heavy atom. The van der Waals surface area contributed by atoms with Crippen molar-refractivity contribution < 1.29 is 5.11 Å². The lowest BCUT2D eigenvalue weighted by Crippen LogP contribution is -2.49. The summed E-state index contributed by atoms with van der Waals surface area (Å²) in [4.78, 5) is 9.41. The van der Waals surface area contributed by atoms with Crippen LogP contribution in [0.3, 0.4) is 0 Å². The van der Waals surface area contributed by atoms with Gasteiger partial charge in [0.15, 0.2) is 5.96 Å². The van der Waals surface area contributed by atoms with Crippen LogP contribution in [0.25, 0.3) is 0 Å². The van der Waals surface area contributed by atoms with Crippen molar-refractivity contribution in [1.29, 1.82) is 0 Å². The van der Waals surface area contributed by atoms with Gasteiger partial charge in [0, 0.05) is 38.1 Å². The monoisotopic (exact) mass is 324 g/mol. The van der Waals surface area contributed by atoms with Crippen LogP contribution in [0.5, 0.6) is 0 Å². The molecule has 3 atom stereocenters. The summed E-state index contributed by atoms with van der Waals surface area (Å²) in [6.07, 6.45) is 5.43. The normalized spacial score (nSPS) is 32.6. The molecule has 1 heterocycles. The second-order valence-corrected chi connectivity index (χ2v) is 7.43. The molecule has 0 aromatic heterocycles. The predicted molar refractivity (Wildman–Crippen MR) is 96.8 cm³/mol. The maximum absolute atomic E-state index is 10.4. The fourth-order valence-electron chi connectivity index (χ4n) is 4.17. The number of nitrogens with zero attached hydrogens (tertiary/aromatic N) is 3. The summed E-state index contributed by atoms with van der Waals surface area (Å²) in [7, 11) is 1.87. The fraction of sp³-hybridized carbons (Fsp3) is 0.944. The predicted octanol–water partition coefficient (Wildman–Crippen LogP) is 1.92. The molecule has 3 unspecified atom stereocenters. The van der Waals surface area contributed by atoms with E-state index >= 15 is 0 Å². The lowest BCUT2D eigenvalue weighted by Gasteiger charge is -2.39. The van der Waals surface area contributed by atoms with Crippen molar-refractivity contribution in [2.24, 2.45) is 10.4 Å². The van der Waals surface area contributed by atoms with Gasteiger partial charge in [-0.1, -0.05) is 33.6 Å². The van der Waals surface area contributed by atoms with E-state index in [1.54, 1.807) is 0 Å². The Kier molecular flexibility index (Phi) is 6.72. The number of rotatable bonds is 5. The topological polar surface area (TPSA) is 51.1 Å². The van der Waals surface area contributed by atoms with Gasteiger partial charge >= 0.3 is 0 Å².